The molecule has 1 aromatic carbocycles. The van der Waals surface area contributed by atoms with Crippen molar-refractivity contribution in [2.45, 2.75) is 31.9 Å². The minimum atomic E-state index is -0.724. The molecule has 0 aliphatic carbocycles. The number of ketones is 1. The second kappa shape index (κ2) is 7.59. The molecule has 1 atom stereocenters. The number of nitrogens with two attached hydrogens (primary N) is 1. The molecular formula is C18H20FN3O3S. The quantitative estimate of drug-likeness (QED) is 0.778. The summed E-state index contributed by atoms with van der Waals surface area (Å²) >= 11 is 1.46. The van der Waals surface area contributed by atoms with Crippen molar-refractivity contribution >= 4 is 22.7 Å². The maximum Gasteiger partial charge on any atom is 0.220 e. The van der Waals surface area contributed by atoms with Crippen LogP contribution in [0.2, 0.25) is 0 Å². The van der Waals surface area contributed by atoms with Crippen LogP contribution >= 0.6 is 11.8 Å². The Morgan fingerprint density at radius 1 is 1.50 bits per heavy atom. The van der Waals surface area contributed by atoms with Crippen molar-refractivity contribution in [1.82, 2.24) is 4.98 Å². The number of hydrogen-bond donors (Lipinski definition) is 1. The second-order valence-corrected chi connectivity index (χ2v) is 7.41. The molecule has 138 valence electrons. The molecule has 0 radical (unpaired) electrons. The van der Waals surface area contributed by atoms with Crippen molar-refractivity contribution in [2.75, 3.05) is 12.9 Å². The zero-order chi connectivity index (χ0) is 18.7. The maximum atomic E-state index is 14.4. The van der Waals surface area contributed by atoms with Crippen molar-refractivity contribution in [3.8, 4) is 0 Å². The number of methoxy groups -OCH3 is 1. The van der Waals surface area contributed by atoms with Gasteiger partial charge < -0.3 is 14.9 Å². The minimum Gasteiger partial charge on any atom is -0.446 e. The van der Waals surface area contributed by atoms with Crippen LogP contribution in [0.1, 0.15) is 40.9 Å². The Hall–Kier alpha value is -2.19. The third kappa shape index (κ3) is 3.96. The molecule has 2 heterocycles. The van der Waals surface area contributed by atoms with Crippen molar-refractivity contribution in [3.05, 3.63) is 53.0 Å². The number of aliphatic imine (C=N–C) groups is 1. The average molecular weight is 377 g/mol. The van der Waals surface area contributed by atoms with Crippen LogP contribution in [0.5, 0.6) is 0 Å². The van der Waals surface area contributed by atoms with E-state index in [1.165, 1.54) is 31.2 Å². The van der Waals surface area contributed by atoms with Gasteiger partial charge in [0.05, 0.1) is 5.54 Å². The number of thioether (sulfide) groups is 1. The second-order valence-electron chi connectivity index (χ2n) is 6.30. The highest BCUT2D eigenvalue weighted by molar-refractivity contribution is 8.13. The van der Waals surface area contributed by atoms with Crippen LogP contribution < -0.4 is 5.73 Å². The predicted octanol–water partition coefficient (Wildman–Crippen LogP) is 3.05. The number of amidine groups is 1. The van der Waals surface area contributed by atoms with E-state index >= 15 is 0 Å². The van der Waals surface area contributed by atoms with Crippen LogP contribution in [0.3, 0.4) is 0 Å². The zero-order valence-corrected chi connectivity index (χ0v) is 15.4. The smallest absolute Gasteiger partial charge is 0.220 e. The number of Topliss-reactive ketones (excluding diaryl/α,β-unsaturated/α-hetero) is 1. The number of oxazole rings is 1. The fourth-order valence-corrected chi connectivity index (χ4v) is 3.86. The normalized spacial score (nSPS) is 20.0. The van der Waals surface area contributed by atoms with Crippen LogP contribution in [0.25, 0.3) is 0 Å². The lowest BCUT2D eigenvalue weighted by atomic mass is 9.87. The summed E-state index contributed by atoms with van der Waals surface area (Å²) in [6.45, 7) is 2.06. The summed E-state index contributed by atoms with van der Waals surface area (Å²) in [6, 6.07) is 4.66. The minimum absolute atomic E-state index is 0.0935. The van der Waals surface area contributed by atoms with E-state index < -0.39 is 5.54 Å². The lowest BCUT2D eigenvalue weighted by molar-refractivity contribution is 0.0988. The van der Waals surface area contributed by atoms with Gasteiger partial charge in [0.25, 0.3) is 0 Å². The Labute approximate surface area is 155 Å². The molecule has 6 nitrogen and oxygen atoms in total. The lowest BCUT2D eigenvalue weighted by Crippen LogP contribution is -2.29. The molecule has 1 aliphatic rings. The topological polar surface area (TPSA) is 90.7 Å². The summed E-state index contributed by atoms with van der Waals surface area (Å²) in [5, 5.41) is 0.452. The Morgan fingerprint density at radius 2 is 2.31 bits per heavy atom. The first-order valence-electron chi connectivity index (χ1n) is 8.15. The van der Waals surface area contributed by atoms with Gasteiger partial charge in [-0.15, -0.1) is 0 Å². The predicted molar refractivity (Wildman–Crippen MR) is 97.7 cm³/mol. The molecule has 1 aromatic heterocycles. The number of rotatable bonds is 6. The average Bonchev–Trinajstić information content (AvgIpc) is 3.05. The van der Waals surface area contributed by atoms with Crippen molar-refractivity contribution in [3.63, 3.8) is 0 Å². The maximum absolute atomic E-state index is 14.4. The van der Waals surface area contributed by atoms with Crippen molar-refractivity contribution in [1.29, 1.82) is 0 Å². The molecule has 8 heteroatoms. The van der Waals surface area contributed by atoms with Gasteiger partial charge in [0, 0.05) is 24.8 Å². The van der Waals surface area contributed by atoms with E-state index in [0.717, 1.165) is 5.75 Å². The third-order valence-electron chi connectivity index (χ3n) is 4.28. The standard InChI is InChI=1S/C18H20FN3O3S/c1-18(5-6-26-17(20)22-18)12-7-11(3-4-13(12)19)8-15(23)14-9-25-16(21-14)10-24-2/h3-4,7,9H,5-6,8,10H2,1-2H3,(H2,20,22)/t18-/m0/s1. The largest absolute Gasteiger partial charge is 0.446 e. The van der Waals surface area contributed by atoms with E-state index in [1.807, 2.05) is 6.92 Å². The van der Waals surface area contributed by atoms with Crippen LogP contribution in [-0.2, 0) is 23.3 Å². The van der Waals surface area contributed by atoms with Crippen LogP contribution in [0, 0.1) is 5.82 Å². The molecule has 0 unspecified atom stereocenters. The van der Waals surface area contributed by atoms with Crippen molar-refractivity contribution in [2.24, 2.45) is 10.7 Å². The van der Waals surface area contributed by atoms with Gasteiger partial charge >= 0.3 is 0 Å². The highest BCUT2D eigenvalue weighted by atomic mass is 32.2. The van der Waals surface area contributed by atoms with Gasteiger partial charge in [-0.25, -0.2) is 9.37 Å². The first-order valence-corrected chi connectivity index (χ1v) is 9.13. The molecule has 0 fully saturated rings. The Morgan fingerprint density at radius 3 is 3.04 bits per heavy atom. The molecule has 2 N–H and O–H groups in total. The number of carbonyl (C=O) groups is 1. The number of benzene rings is 1. The van der Waals surface area contributed by atoms with E-state index in [4.69, 9.17) is 14.9 Å². The molecule has 1 aliphatic heterocycles. The van der Waals surface area contributed by atoms with Crippen LogP contribution in [0.4, 0.5) is 4.39 Å². The molecule has 0 amide bonds. The summed E-state index contributed by atoms with van der Waals surface area (Å²) in [6.07, 6.45) is 2.08. The highest BCUT2D eigenvalue weighted by Crippen LogP contribution is 2.36. The van der Waals surface area contributed by atoms with Crippen LogP contribution in [0.15, 0.2) is 33.9 Å². The summed E-state index contributed by atoms with van der Waals surface area (Å²) in [5.41, 5.74) is 6.47. The van der Waals surface area contributed by atoms with Gasteiger partial charge in [0.15, 0.2) is 11.0 Å². The molecule has 0 bridgehead atoms. The monoisotopic (exact) mass is 377 g/mol. The van der Waals surface area contributed by atoms with Gasteiger partial charge in [-0.05, 0) is 31.0 Å². The zero-order valence-electron chi connectivity index (χ0n) is 14.6. The molecular weight excluding hydrogens is 357 g/mol. The first-order chi connectivity index (χ1) is 12.4. The van der Waals surface area contributed by atoms with Gasteiger partial charge in [-0.1, -0.05) is 17.8 Å². The Balaban J connectivity index is 1.83. The summed E-state index contributed by atoms with van der Waals surface area (Å²) < 4.78 is 24.5. The Bertz CT molecular complexity index is 852. The van der Waals surface area contributed by atoms with Gasteiger partial charge in [-0.3, -0.25) is 9.79 Å². The fourth-order valence-electron chi connectivity index (χ4n) is 2.88. The van der Waals surface area contributed by atoms with E-state index in [9.17, 15) is 9.18 Å². The highest BCUT2D eigenvalue weighted by Gasteiger charge is 2.32. The third-order valence-corrected chi connectivity index (χ3v) is 5.07. The fraction of sp³-hybridized carbons (Fsp3) is 0.389. The summed E-state index contributed by atoms with van der Waals surface area (Å²) in [4.78, 5) is 21.0. The summed E-state index contributed by atoms with van der Waals surface area (Å²) in [7, 11) is 1.52. The van der Waals surface area contributed by atoms with E-state index in [0.29, 0.717) is 28.6 Å². The van der Waals surface area contributed by atoms with Gasteiger partial charge in [-0.2, -0.15) is 0 Å². The number of carbonyl (C=O) groups excluding carboxylic acids is 1. The van der Waals surface area contributed by atoms with Gasteiger partial charge in [0.1, 0.15) is 24.4 Å². The SMILES string of the molecule is COCc1nc(C(=O)Cc2ccc(F)c([C@]3(C)CCSC(N)=N3)c2)co1. The number of ether oxygens (including phenoxy) is 1. The number of nitrogens with zero attached hydrogens (tertiary/aromatic N) is 2. The first kappa shape index (κ1) is 18.6. The van der Waals surface area contributed by atoms with E-state index in [2.05, 4.69) is 9.98 Å². The molecule has 2 aromatic rings. The lowest BCUT2D eigenvalue weighted by Gasteiger charge is -2.30. The Kier molecular flexibility index (Phi) is 5.43. The number of halogens is 1. The van der Waals surface area contributed by atoms with E-state index in [1.54, 1.807) is 12.1 Å². The van der Waals surface area contributed by atoms with Gasteiger partial charge in [0.2, 0.25) is 5.89 Å². The molecule has 0 spiro atoms. The van der Waals surface area contributed by atoms with Crippen LogP contribution in [-0.4, -0.2) is 28.8 Å². The molecule has 0 saturated heterocycles. The number of aromatic nitrogens is 1. The molecule has 26 heavy (non-hydrogen) atoms. The molecule has 0 saturated carbocycles. The van der Waals surface area contributed by atoms with Crippen molar-refractivity contribution < 1.29 is 18.3 Å². The number of hydrogen-bond acceptors (Lipinski definition) is 7. The summed E-state index contributed by atoms with van der Waals surface area (Å²) in [5.74, 6) is 0.556. The molecule has 3 rings (SSSR count). The van der Waals surface area contributed by atoms with E-state index in [-0.39, 0.29) is 30.3 Å².